The number of carbonyl (C=O) groups excluding carboxylic acids is 1. The Balaban J connectivity index is 2.15. The molecule has 1 aromatic carbocycles. The van der Waals surface area contributed by atoms with Crippen molar-refractivity contribution in [1.82, 2.24) is 9.13 Å². The van der Waals surface area contributed by atoms with Crippen LogP contribution in [0, 0.1) is 5.82 Å². The minimum atomic E-state index is -0.428. The van der Waals surface area contributed by atoms with E-state index in [9.17, 15) is 9.18 Å². The van der Waals surface area contributed by atoms with Crippen LogP contribution in [-0.2, 0) is 18.3 Å². The molecule has 0 aliphatic rings. The number of hydrogen-bond donors (Lipinski definition) is 0. The van der Waals surface area contributed by atoms with Gasteiger partial charge in [-0.05, 0) is 18.2 Å². The molecular weight excluding hydrogens is 271 g/mol. The van der Waals surface area contributed by atoms with Crippen LogP contribution in [0.4, 0.5) is 4.39 Å². The van der Waals surface area contributed by atoms with Crippen molar-refractivity contribution in [2.24, 2.45) is 7.05 Å². The minimum Gasteiger partial charge on any atom is -0.464 e. The lowest BCUT2D eigenvalue weighted by Gasteiger charge is -2.09. The maximum atomic E-state index is 13.9. The molecule has 3 aromatic rings. The second-order valence-electron chi connectivity index (χ2n) is 4.90. The van der Waals surface area contributed by atoms with E-state index < -0.39 is 5.97 Å². The Hall–Kier alpha value is -2.56. The lowest BCUT2D eigenvalue weighted by molar-refractivity contribution is 0.0589. The maximum absolute atomic E-state index is 13.9. The summed E-state index contributed by atoms with van der Waals surface area (Å²) in [6.07, 6.45) is 1.91. The van der Waals surface area contributed by atoms with E-state index in [4.69, 9.17) is 4.74 Å². The summed E-state index contributed by atoms with van der Waals surface area (Å²) in [7, 11) is 3.24. The summed E-state index contributed by atoms with van der Waals surface area (Å²) in [6.45, 7) is 0.282. The second kappa shape index (κ2) is 5.09. The summed E-state index contributed by atoms with van der Waals surface area (Å²) < 4.78 is 22.4. The molecule has 2 aromatic heterocycles. The molecule has 21 heavy (non-hydrogen) atoms. The number of ether oxygens (including phenoxy) is 1. The molecule has 0 aliphatic heterocycles. The monoisotopic (exact) mass is 286 g/mol. The van der Waals surface area contributed by atoms with E-state index in [0.717, 1.165) is 11.0 Å². The van der Waals surface area contributed by atoms with E-state index in [1.165, 1.54) is 13.2 Å². The molecule has 2 heterocycles. The third kappa shape index (κ3) is 2.20. The molecule has 0 N–H and O–H groups in total. The number of fused-ring (bicyclic) bond motifs is 1. The molecule has 0 fully saturated rings. The van der Waals surface area contributed by atoms with E-state index in [1.807, 2.05) is 23.9 Å². The number of methoxy groups -OCH3 is 1. The number of aromatic nitrogens is 2. The van der Waals surface area contributed by atoms with Crippen LogP contribution in [0.3, 0.4) is 0 Å². The first-order valence-electron chi connectivity index (χ1n) is 6.58. The van der Waals surface area contributed by atoms with Gasteiger partial charge in [0.15, 0.2) is 0 Å². The van der Waals surface area contributed by atoms with Gasteiger partial charge in [0.05, 0.1) is 24.7 Å². The molecule has 4 nitrogen and oxygen atoms in total. The molecule has 0 unspecified atom stereocenters. The number of halogens is 1. The Bertz CT molecular complexity index is 817. The first-order valence-corrected chi connectivity index (χ1v) is 6.58. The molecular formula is C16H15FN2O2. The Labute approximate surface area is 121 Å². The summed E-state index contributed by atoms with van der Waals surface area (Å²) in [6, 6.07) is 10.2. The quantitative estimate of drug-likeness (QED) is 0.694. The van der Waals surface area contributed by atoms with Crippen molar-refractivity contribution >= 4 is 17.0 Å². The van der Waals surface area contributed by atoms with Crippen molar-refractivity contribution in [3.8, 4) is 0 Å². The van der Waals surface area contributed by atoms with Crippen molar-refractivity contribution in [2.75, 3.05) is 7.11 Å². The van der Waals surface area contributed by atoms with Crippen LogP contribution in [0.25, 0.3) is 11.0 Å². The Kier molecular flexibility index (Phi) is 3.25. The molecule has 0 spiro atoms. The molecule has 0 amide bonds. The van der Waals surface area contributed by atoms with Crippen LogP contribution >= 0.6 is 0 Å². The van der Waals surface area contributed by atoms with Gasteiger partial charge < -0.3 is 13.9 Å². The number of carbonyl (C=O) groups is 1. The molecule has 108 valence electrons. The zero-order valence-corrected chi connectivity index (χ0v) is 11.8. The van der Waals surface area contributed by atoms with Gasteiger partial charge in [-0.2, -0.15) is 0 Å². The van der Waals surface area contributed by atoms with Gasteiger partial charge in [0.1, 0.15) is 11.5 Å². The first kappa shape index (κ1) is 13.4. The number of esters is 1. The average molecular weight is 286 g/mol. The fraction of sp³-hybridized carbons (Fsp3) is 0.188. The molecule has 5 heteroatoms. The van der Waals surface area contributed by atoms with Gasteiger partial charge in [-0.25, -0.2) is 9.18 Å². The Morgan fingerprint density at radius 1 is 1.24 bits per heavy atom. The van der Waals surface area contributed by atoms with Gasteiger partial charge >= 0.3 is 5.97 Å². The predicted molar refractivity (Wildman–Crippen MR) is 77.8 cm³/mol. The van der Waals surface area contributed by atoms with E-state index in [-0.39, 0.29) is 12.4 Å². The van der Waals surface area contributed by atoms with E-state index in [2.05, 4.69) is 0 Å². The Morgan fingerprint density at radius 3 is 2.71 bits per heavy atom. The molecule has 0 saturated heterocycles. The zero-order chi connectivity index (χ0) is 15.0. The first-order chi connectivity index (χ1) is 10.1. The van der Waals surface area contributed by atoms with E-state index in [1.54, 1.807) is 28.8 Å². The van der Waals surface area contributed by atoms with Crippen LogP contribution in [0.15, 0.2) is 42.6 Å². The molecule has 0 atom stereocenters. The van der Waals surface area contributed by atoms with Crippen molar-refractivity contribution in [3.63, 3.8) is 0 Å². The standard InChI is InChI=1S/C16H15FN2O2/c1-18-8-7-13-14(18)9-15(16(20)21-2)19(13)10-11-5-3-4-6-12(11)17/h3-9H,10H2,1-2H3. The average Bonchev–Trinajstić information content (AvgIpc) is 3.02. The van der Waals surface area contributed by atoms with Crippen molar-refractivity contribution in [3.05, 3.63) is 59.7 Å². The van der Waals surface area contributed by atoms with Gasteiger partial charge in [-0.15, -0.1) is 0 Å². The van der Waals surface area contributed by atoms with Crippen LogP contribution in [0.2, 0.25) is 0 Å². The van der Waals surface area contributed by atoms with Gasteiger partial charge in [0.25, 0.3) is 0 Å². The van der Waals surface area contributed by atoms with Gasteiger partial charge in [0.2, 0.25) is 0 Å². The van der Waals surface area contributed by atoms with E-state index >= 15 is 0 Å². The van der Waals surface area contributed by atoms with Gasteiger partial charge in [-0.1, -0.05) is 18.2 Å². The largest absolute Gasteiger partial charge is 0.464 e. The summed E-state index contributed by atoms with van der Waals surface area (Å²) in [5.74, 6) is -0.714. The smallest absolute Gasteiger partial charge is 0.354 e. The third-order valence-corrected chi connectivity index (χ3v) is 3.63. The molecule has 0 bridgehead atoms. The van der Waals surface area contributed by atoms with E-state index in [0.29, 0.717) is 11.3 Å². The highest BCUT2D eigenvalue weighted by molar-refractivity contribution is 5.94. The topological polar surface area (TPSA) is 36.2 Å². The Morgan fingerprint density at radius 2 is 2.00 bits per heavy atom. The highest BCUT2D eigenvalue weighted by atomic mass is 19.1. The molecule has 0 radical (unpaired) electrons. The fourth-order valence-corrected chi connectivity index (χ4v) is 2.51. The highest BCUT2D eigenvalue weighted by Gasteiger charge is 2.18. The summed E-state index contributed by atoms with van der Waals surface area (Å²) >= 11 is 0. The van der Waals surface area contributed by atoms with Crippen molar-refractivity contribution in [1.29, 1.82) is 0 Å². The van der Waals surface area contributed by atoms with Gasteiger partial charge in [-0.3, -0.25) is 0 Å². The second-order valence-corrected chi connectivity index (χ2v) is 4.90. The highest BCUT2D eigenvalue weighted by Crippen LogP contribution is 2.23. The third-order valence-electron chi connectivity index (χ3n) is 3.63. The minimum absolute atomic E-state index is 0.282. The molecule has 0 aliphatic carbocycles. The maximum Gasteiger partial charge on any atom is 0.354 e. The number of hydrogen-bond acceptors (Lipinski definition) is 2. The number of benzene rings is 1. The molecule has 0 saturated carbocycles. The van der Waals surface area contributed by atoms with Crippen molar-refractivity contribution in [2.45, 2.75) is 6.54 Å². The number of aryl methyl sites for hydroxylation is 1. The lowest BCUT2D eigenvalue weighted by Crippen LogP contribution is -2.12. The summed E-state index contributed by atoms with van der Waals surface area (Å²) in [4.78, 5) is 11.9. The normalized spacial score (nSPS) is 11.0. The lowest BCUT2D eigenvalue weighted by atomic mass is 10.2. The van der Waals surface area contributed by atoms with Crippen LogP contribution in [0.5, 0.6) is 0 Å². The summed E-state index contributed by atoms with van der Waals surface area (Å²) in [5.41, 5.74) is 2.74. The zero-order valence-electron chi connectivity index (χ0n) is 11.8. The molecule has 3 rings (SSSR count). The number of rotatable bonds is 3. The van der Waals surface area contributed by atoms with Crippen LogP contribution in [0.1, 0.15) is 16.1 Å². The SMILES string of the molecule is COC(=O)c1cc2c(ccn2C)n1Cc1ccccc1F. The van der Waals surface area contributed by atoms with Crippen molar-refractivity contribution < 1.29 is 13.9 Å². The predicted octanol–water partition coefficient (Wildman–Crippen LogP) is 2.95. The fourth-order valence-electron chi connectivity index (χ4n) is 2.51. The van der Waals surface area contributed by atoms with Gasteiger partial charge in [0, 0.05) is 18.8 Å². The number of nitrogens with zero attached hydrogens (tertiary/aromatic N) is 2. The van der Waals surface area contributed by atoms with Crippen LogP contribution < -0.4 is 0 Å². The summed E-state index contributed by atoms with van der Waals surface area (Å²) in [5, 5.41) is 0. The van der Waals surface area contributed by atoms with Crippen LogP contribution in [-0.4, -0.2) is 22.2 Å².